The fourth-order valence-corrected chi connectivity index (χ4v) is 2.68. The Kier molecular flexibility index (Phi) is 4.38. The van der Waals surface area contributed by atoms with Gasteiger partial charge in [0.2, 0.25) is 0 Å². The van der Waals surface area contributed by atoms with Gasteiger partial charge in [0.1, 0.15) is 0 Å². The first-order valence-electron chi connectivity index (χ1n) is 6.99. The molecule has 0 amide bonds. The summed E-state index contributed by atoms with van der Waals surface area (Å²) < 4.78 is 0. The fourth-order valence-electron chi connectivity index (χ4n) is 2.68. The number of hydrogen-bond donors (Lipinski definition) is 1. The quantitative estimate of drug-likeness (QED) is 0.809. The van der Waals surface area contributed by atoms with Crippen molar-refractivity contribution in [2.24, 2.45) is 11.7 Å². The number of benzene rings is 2. The first-order chi connectivity index (χ1) is 8.76. The summed E-state index contributed by atoms with van der Waals surface area (Å²) >= 11 is 0. The minimum absolute atomic E-state index is 0.154. The number of rotatable bonds is 5. The van der Waals surface area contributed by atoms with Crippen LogP contribution in [-0.4, -0.2) is 0 Å². The molecule has 0 spiro atoms. The predicted molar refractivity (Wildman–Crippen MR) is 79.6 cm³/mol. The van der Waals surface area contributed by atoms with Gasteiger partial charge < -0.3 is 5.73 Å². The Bertz CT molecular complexity index is 494. The van der Waals surface area contributed by atoms with E-state index in [9.17, 15) is 0 Å². The molecule has 1 heteroatoms. The maximum atomic E-state index is 6.41. The minimum atomic E-state index is 0.154. The van der Waals surface area contributed by atoms with E-state index in [1.807, 2.05) is 0 Å². The van der Waals surface area contributed by atoms with Crippen molar-refractivity contribution in [3.8, 4) is 0 Å². The molecule has 0 radical (unpaired) electrons. The first kappa shape index (κ1) is 13.1. The summed E-state index contributed by atoms with van der Waals surface area (Å²) in [5.74, 6) is 0.735. The van der Waals surface area contributed by atoms with Gasteiger partial charge in [0.25, 0.3) is 0 Å². The third-order valence-corrected chi connectivity index (χ3v) is 3.96. The lowest BCUT2D eigenvalue weighted by molar-refractivity contribution is 0.416. The Hall–Kier alpha value is -1.34. The molecule has 2 N–H and O–H groups in total. The van der Waals surface area contributed by atoms with Crippen LogP contribution >= 0.6 is 0 Å². The number of hydrogen-bond acceptors (Lipinski definition) is 1. The first-order valence-corrected chi connectivity index (χ1v) is 6.99. The highest BCUT2D eigenvalue weighted by Gasteiger charge is 2.14. The zero-order valence-electron chi connectivity index (χ0n) is 11.4. The molecule has 1 unspecified atom stereocenters. The molecule has 1 nitrogen and oxygen atoms in total. The van der Waals surface area contributed by atoms with Crippen LogP contribution in [0.1, 0.15) is 44.7 Å². The van der Waals surface area contributed by atoms with Gasteiger partial charge in [0.05, 0.1) is 0 Å². The van der Waals surface area contributed by atoms with Gasteiger partial charge in [0, 0.05) is 6.04 Å². The molecule has 0 aliphatic carbocycles. The van der Waals surface area contributed by atoms with Crippen LogP contribution in [0, 0.1) is 5.92 Å². The van der Waals surface area contributed by atoms with Gasteiger partial charge in [-0.2, -0.15) is 0 Å². The molecule has 0 heterocycles. The van der Waals surface area contributed by atoms with E-state index in [0.29, 0.717) is 0 Å². The zero-order valence-corrected chi connectivity index (χ0v) is 11.4. The molecule has 96 valence electrons. The highest BCUT2D eigenvalue weighted by molar-refractivity contribution is 5.86. The van der Waals surface area contributed by atoms with Gasteiger partial charge >= 0.3 is 0 Å². The van der Waals surface area contributed by atoms with E-state index in [2.05, 4.69) is 56.3 Å². The van der Waals surface area contributed by atoms with Crippen LogP contribution in [0.2, 0.25) is 0 Å². The molecule has 0 saturated heterocycles. The molecule has 0 bridgehead atoms. The second-order valence-electron chi connectivity index (χ2n) is 5.09. The van der Waals surface area contributed by atoms with Gasteiger partial charge in [-0.1, -0.05) is 69.2 Å². The highest BCUT2D eigenvalue weighted by atomic mass is 14.6. The maximum Gasteiger partial charge on any atom is 0.0303 e. The molecule has 0 fully saturated rings. The van der Waals surface area contributed by atoms with Gasteiger partial charge in [-0.3, -0.25) is 0 Å². The fraction of sp³-hybridized carbons (Fsp3) is 0.412. The van der Waals surface area contributed by atoms with Gasteiger partial charge in [-0.05, 0) is 28.7 Å². The highest BCUT2D eigenvalue weighted by Crippen LogP contribution is 2.28. The molecule has 18 heavy (non-hydrogen) atoms. The summed E-state index contributed by atoms with van der Waals surface area (Å²) in [6.07, 6.45) is 3.52. The van der Waals surface area contributed by atoms with Crippen molar-refractivity contribution in [1.82, 2.24) is 0 Å². The predicted octanol–water partition coefficient (Wildman–Crippen LogP) is 4.67. The third kappa shape index (κ3) is 2.73. The average molecular weight is 241 g/mol. The van der Waals surface area contributed by atoms with E-state index in [1.54, 1.807) is 0 Å². The Balaban J connectivity index is 2.30. The van der Waals surface area contributed by atoms with Crippen LogP contribution in [-0.2, 0) is 0 Å². The second kappa shape index (κ2) is 6.01. The molecule has 0 saturated carbocycles. The molecule has 0 aromatic heterocycles. The van der Waals surface area contributed by atoms with Crippen molar-refractivity contribution in [3.63, 3.8) is 0 Å². The van der Waals surface area contributed by atoms with Crippen LogP contribution < -0.4 is 5.73 Å². The summed E-state index contributed by atoms with van der Waals surface area (Å²) in [6, 6.07) is 15.1. The summed E-state index contributed by atoms with van der Waals surface area (Å²) in [7, 11) is 0. The lowest BCUT2D eigenvalue weighted by Crippen LogP contribution is -2.15. The maximum absolute atomic E-state index is 6.41. The minimum Gasteiger partial charge on any atom is -0.324 e. The Morgan fingerprint density at radius 2 is 1.61 bits per heavy atom. The zero-order chi connectivity index (χ0) is 13.0. The third-order valence-electron chi connectivity index (χ3n) is 3.96. The lowest BCUT2D eigenvalue weighted by atomic mass is 9.89. The summed E-state index contributed by atoms with van der Waals surface area (Å²) in [6.45, 7) is 4.51. The van der Waals surface area contributed by atoms with Crippen molar-refractivity contribution >= 4 is 10.8 Å². The molecule has 2 aromatic carbocycles. The summed E-state index contributed by atoms with van der Waals surface area (Å²) in [4.78, 5) is 0. The Morgan fingerprint density at radius 1 is 0.944 bits per heavy atom. The van der Waals surface area contributed by atoms with Crippen molar-refractivity contribution < 1.29 is 0 Å². The topological polar surface area (TPSA) is 26.0 Å². The van der Waals surface area contributed by atoms with Crippen molar-refractivity contribution in [3.05, 3.63) is 48.0 Å². The molecule has 0 aliphatic rings. The number of fused-ring (bicyclic) bond motifs is 1. The largest absolute Gasteiger partial charge is 0.324 e. The van der Waals surface area contributed by atoms with Crippen LogP contribution in [0.4, 0.5) is 0 Å². The SMILES string of the molecule is CCC(CC)CC(N)c1cccc2ccccc12. The van der Waals surface area contributed by atoms with E-state index < -0.39 is 0 Å². The van der Waals surface area contributed by atoms with E-state index >= 15 is 0 Å². The van der Waals surface area contributed by atoms with Crippen LogP contribution in [0.15, 0.2) is 42.5 Å². The van der Waals surface area contributed by atoms with Crippen LogP contribution in [0.3, 0.4) is 0 Å². The van der Waals surface area contributed by atoms with Crippen LogP contribution in [0.5, 0.6) is 0 Å². The monoisotopic (exact) mass is 241 g/mol. The smallest absolute Gasteiger partial charge is 0.0303 e. The van der Waals surface area contributed by atoms with Crippen molar-refractivity contribution in [2.75, 3.05) is 0 Å². The lowest BCUT2D eigenvalue weighted by Gasteiger charge is -2.20. The van der Waals surface area contributed by atoms with Gasteiger partial charge in [-0.25, -0.2) is 0 Å². The molecular weight excluding hydrogens is 218 g/mol. The van der Waals surface area contributed by atoms with Crippen molar-refractivity contribution in [1.29, 1.82) is 0 Å². The summed E-state index contributed by atoms with van der Waals surface area (Å²) in [5.41, 5.74) is 7.70. The Morgan fingerprint density at radius 3 is 2.33 bits per heavy atom. The second-order valence-corrected chi connectivity index (χ2v) is 5.09. The van der Waals surface area contributed by atoms with Gasteiger partial charge in [-0.15, -0.1) is 0 Å². The van der Waals surface area contributed by atoms with Crippen LogP contribution in [0.25, 0.3) is 10.8 Å². The number of nitrogens with two attached hydrogens (primary N) is 1. The van der Waals surface area contributed by atoms with E-state index in [-0.39, 0.29) is 6.04 Å². The Labute approximate surface area is 110 Å². The average Bonchev–Trinajstić information content (AvgIpc) is 2.43. The summed E-state index contributed by atoms with van der Waals surface area (Å²) in [5, 5.41) is 2.59. The molecule has 2 aromatic rings. The normalized spacial score (nSPS) is 13.1. The van der Waals surface area contributed by atoms with E-state index in [4.69, 9.17) is 5.73 Å². The molecule has 1 atom stereocenters. The molecule has 2 rings (SSSR count). The molecule has 0 aliphatic heterocycles. The van der Waals surface area contributed by atoms with E-state index in [0.717, 1.165) is 12.3 Å². The molecular formula is C17H23N. The van der Waals surface area contributed by atoms with Crippen molar-refractivity contribution in [2.45, 2.75) is 39.2 Å². The van der Waals surface area contributed by atoms with Gasteiger partial charge in [0.15, 0.2) is 0 Å². The standard InChI is InChI=1S/C17H23N/c1-3-13(4-2)12-17(18)16-11-7-9-14-8-5-6-10-15(14)16/h5-11,13,17H,3-4,12,18H2,1-2H3. The van der Waals surface area contributed by atoms with E-state index in [1.165, 1.54) is 29.2 Å².